The fraction of sp³-hybridized carbons (Fsp3) is 0.412. The zero-order valence-electron chi connectivity index (χ0n) is 15.2. The first-order valence-corrected chi connectivity index (χ1v) is 8.53. The zero-order chi connectivity index (χ0) is 21.2. The van der Waals surface area contributed by atoms with Crippen molar-refractivity contribution in [1.29, 1.82) is 0 Å². The highest BCUT2D eigenvalue weighted by Crippen LogP contribution is 2.26. The van der Waals surface area contributed by atoms with Gasteiger partial charge in [0.05, 0.1) is 0 Å². The molecule has 2 rings (SSSR count). The SMILES string of the molecule is CCCCn1c(N)c(N(CC)Cc2c(F)c(F)c(F)c(F)c2F)c(=O)[nH]c1=O. The van der Waals surface area contributed by atoms with Crippen molar-refractivity contribution in [3.8, 4) is 0 Å². The highest BCUT2D eigenvalue weighted by atomic mass is 19.2. The third kappa shape index (κ3) is 3.73. The molecule has 0 aliphatic heterocycles. The Morgan fingerprint density at radius 1 is 0.964 bits per heavy atom. The van der Waals surface area contributed by atoms with Gasteiger partial charge in [0.25, 0.3) is 5.56 Å². The lowest BCUT2D eigenvalue weighted by Crippen LogP contribution is -2.38. The monoisotopic (exact) mass is 406 g/mol. The van der Waals surface area contributed by atoms with Crippen LogP contribution in [0.4, 0.5) is 33.5 Å². The minimum absolute atomic E-state index is 0.0568. The quantitative estimate of drug-likeness (QED) is 0.421. The van der Waals surface area contributed by atoms with Gasteiger partial charge >= 0.3 is 5.69 Å². The van der Waals surface area contributed by atoms with Crippen molar-refractivity contribution in [1.82, 2.24) is 9.55 Å². The van der Waals surface area contributed by atoms with Crippen LogP contribution in [0.3, 0.4) is 0 Å². The Hall–Kier alpha value is -2.85. The molecule has 0 fully saturated rings. The number of unbranched alkanes of at least 4 members (excludes halogenated alkanes) is 1. The van der Waals surface area contributed by atoms with Crippen molar-refractivity contribution >= 4 is 11.5 Å². The molecular weight excluding hydrogens is 387 g/mol. The van der Waals surface area contributed by atoms with E-state index in [9.17, 15) is 31.5 Å². The predicted molar refractivity (Wildman–Crippen MR) is 93.6 cm³/mol. The van der Waals surface area contributed by atoms with E-state index in [0.717, 1.165) is 15.9 Å². The van der Waals surface area contributed by atoms with E-state index in [2.05, 4.69) is 4.98 Å². The first-order chi connectivity index (χ1) is 13.1. The van der Waals surface area contributed by atoms with Crippen LogP contribution in [0.1, 0.15) is 32.3 Å². The van der Waals surface area contributed by atoms with Gasteiger partial charge in [-0.1, -0.05) is 13.3 Å². The second-order valence-corrected chi connectivity index (χ2v) is 6.06. The van der Waals surface area contributed by atoms with Gasteiger partial charge in [0.1, 0.15) is 11.5 Å². The molecule has 0 saturated carbocycles. The van der Waals surface area contributed by atoms with E-state index >= 15 is 0 Å². The van der Waals surface area contributed by atoms with Crippen LogP contribution in [-0.4, -0.2) is 16.1 Å². The molecule has 1 aromatic carbocycles. The number of anilines is 2. The predicted octanol–water partition coefficient (Wildman–Crippen LogP) is 2.64. The lowest BCUT2D eigenvalue weighted by Gasteiger charge is -2.25. The molecule has 3 N–H and O–H groups in total. The number of hydrogen-bond acceptors (Lipinski definition) is 4. The van der Waals surface area contributed by atoms with E-state index < -0.39 is 52.4 Å². The summed E-state index contributed by atoms with van der Waals surface area (Å²) in [6.07, 6.45) is 1.29. The fourth-order valence-corrected chi connectivity index (χ4v) is 2.75. The number of benzene rings is 1. The summed E-state index contributed by atoms with van der Waals surface area (Å²) in [5, 5.41) is 0. The molecule has 0 radical (unpaired) electrons. The lowest BCUT2D eigenvalue weighted by molar-refractivity contribution is 0.369. The lowest BCUT2D eigenvalue weighted by atomic mass is 10.1. The van der Waals surface area contributed by atoms with E-state index in [4.69, 9.17) is 5.73 Å². The highest BCUT2D eigenvalue weighted by Gasteiger charge is 2.28. The van der Waals surface area contributed by atoms with Gasteiger partial charge in [-0.05, 0) is 13.3 Å². The molecule has 6 nitrogen and oxygen atoms in total. The van der Waals surface area contributed by atoms with Crippen LogP contribution in [-0.2, 0) is 13.1 Å². The van der Waals surface area contributed by atoms with Crippen LogP contribution in [0.2, 0.25) is 0 Å². The summed E-state index contributed by atoms with van der Waals surface area (Å²) in [5.41, 5.74) is 2.84. The Morgan fingerprint density at radius 3 is 2.00 bits per heavy atom. The Kier molecular flexibility index (Phi) is 6.47. The minimum Gasteiger partial charge on any atom is -0.383 e. The number of rotatable bonds is 7. The zero-order valence-corrected chi connectivity index (χ0v) is 15.2. The summed E-state index contributed by atoms with van der Waals surface area (Å²) in [7, 11) is 0. The maximum atomic E-state index is 14.0. The van der Waals surface area contributed by atoms with Crippen LogP contribution in [0, 0.1) is 29.1 Å². The standard InChI is InChI=1S/C17H19F5N4O2/c1-3-5-6-26-15(23)14(16(27)24-17(26)28)25(4-2)7-8-9(18)11(20)13(22)12(21)10(8)19/h3-7,23H2,1-2H3,(H,24,27,28). The molecule has 2 aromatic rings. The van der Waals surface area contributed by atoms with E-state index in [0.29, 0.717) is 6.42 Å². The van der Waals surface area contributed by atoms with Crippen molar-refractivity contribution in [2.24, 2.45) is 0 Å². The number of aromatic nitrogens is 2. The summed E-state index contributed by atoms with van der Waals surface area (Å²) in [6, 6.07) is 0. The van der Waals surface area contributed by atoms with Crippen molar-refractivity contribution in [2.75, 3.05) is 17.2 Å². The number of nitrogens with zero attached hydrogens (tertiary/aromatic N) is 2. The van der Waals surface area contributed by atoms with E-state index in [1.165, 1.54) is 6.92 Å². The maximum absolute atomic E-state index is 14.0. The Labute approximate surface area is 156 Å². The molecule has 0 unspecified atom stereocenters. The van der Waals surface area contributed by atoms with Gasteiger partial charge in [0, 0.05) is 25.2 Å². The number of H-pyrrole nitrogens is 1. The summed E-state index contributed by atoms with van der Waals surface area (Å²) in [4.78, 5) is 27.3. The van der Waals surface area contributed by atoms with E-state index in [-0.39, 0.29) is 24.6 Å². The van der Waals surface area contributed by atoms with Gasteiger partial charge in [-0.2, -0.15) is 0 Å². The van der Waals surface area contributed by atoms with Crippen molar-refractivity contribution in [3.05, 3.63) is 55.5 Å². The number of nitrogens with two attached hydrogens (primary N) is 1. The number of hydrogen-bond donors (Lipinski definition) is 2. The first-order valence-electron chi connectivity index (χ1n) is 8.53. The minimum atomic E-state index is -2.27. The van der Waals surface area contributed by atoms with Gasteiger partial charge in [-0.25, -0.2) is 26.7 Å². The molecule has 1 heterocycles. The molecule has 1 aromatic heterocycles. The molecule has 0 aliphatic carbocycles. The molecular formula is C17H19F5N4O2. The fourth-order valence-electron chi connectivity index (χ4n) is 2.75. The summed E-state index contributed by atoms with van der Waals surface area (Å²) in [6.45, 7) is 2.67. The first kappa shape index (κ1) is 21.5. The maximum Gasteiger partial charge on any atom is 0.330 e. The average molecular weight is 406 g/mol. The molecule has 28 heavy (non-hydrogen) atoms. The summed E-state index contributed by atoms with van der Waals surface area (Å²) >= 11 is 0. The average Bonchev–Trinajstić information content (AvgIpc) is 2.66. The van der Waals surface area contributed by atoms with Crippen LogP contribution in [0.25, 0.3) is 0 Å². The Balaban J connectivity index is 2.60. The number of nitrogen functional groups attached to an aromatic ring is 1. The van der Waals surface area contributed by atoms with Gasteiger partial charge in [0.15, 0.2) is 23.3 Å². The molecule has 0 aliphatic rings. The van der Waals surface area contributed by atoms with Gasteiger partial charge in [-0.15, -0.1) is 0 Å². The van der Waals surface area contributed by atoms with Crippen LogP contribution in [0.15, 0.2) is 9.59 Å². The van der Waals surface area contributed by atoms with Crippen molar-refractivity contribution in [3.63, 3.8) is 0 Å². The number of aromatic amines is 1. The normalized spacial score (nSPS) is 11.1. The third-order valence-corrected chi connectivity index (χ3v) is 4.30. The summed E-state index contributed by atoms with van der Waals surface area (Å²) < 4.78 is 69.2. The Bertz CT molecular complexity index is 974. The van der Waals surface area contributed by atoms with Crippen molar-refractivity contribution in [2.45, 2.75) is 39.8 Å². The van der Waals surface area contributed by atoms with Gasteiger partial charge in [-0.3, -0.25) is 14.3 Å². The van der Waals surface area contributed by atoms with Crippen LogP contribution >= 0.6 is 0 Å². The molecule has 154 valence electrons. The largest absolute Gasteiger partial charge is 0.383 e. The van der Waals surface area contributed by atoms with E-state index in [1.54, 1.807) is 0 Å². The van der Waals surface area contributed by atoms with E-state index in [1.807, 2.05) is 6.92 Å². The number of halogens is 5. The number of nitrogens with one attached hydrogen (secondary N) is 1. The van der Waals surface area contributed by atoms with Gasteiger partial charge < -0.3 is 10.6 Å². The summed E-state index contributed by atoms with van der Waals surface area (Å²) in [5.74, 6) is -10.7. The Morgan fingerprint density at radius 2 is 1.50 bits per heavy atom. The molecule has 0 spiro atoms. The molecule has 0 amide bonds. The van der Waals surface area contributed by atoms with Gasteiger partial charge in [0.2, 0.25) is 5.82 Å². The molecule has 0 saturated heterocycles. The topological polar surface area (TPSA) is 84.1 Å². The third-order valence-electron chi connectivity index (χ3n) is 4.30. The second-order valence-electron chi connectivity index (χ2n) is 6.06. The molecule has 0 atom stereocenters. The molecule has 0 bridgehead atoms. The smallest absolute Gasteiger partial charge is 0.330 e. The second kappa shape index (κ2) is 8.44. The molecule has 11 heteroatoms. The van der Waals surface area contributed by atoms with Crippen LogP contribution in [0.5, 0.6) is 0 Å². The highest BCUT2D eigenvalue weighted by molar-refractivity contribution is 5.62. The van der Waals surface area contributed by atoms with Crippen LogP contribution < -0.4 is 21.9 Å². The van der Waals surface area contributed by atoms with Crippen molar-refractivity contribution < 1.29 is 22.0 Å².